The van der Waals surface area contributed by atoms with Crippen LogP contribution < -0.4 is 5.32 Å². The van der Waals surface area contributed by atoms with Crippen molar-refractivity contribution in [1.29, 1.82) is 5.26 Å². The summed E-state index contributed by atoms with van der Waals surface area (Å²) in [7, 11) is 0. The summed E-state index contributed by atoms with van der Waals surface area (Å²) in [5.41, 5.74) is 1.11. The van der Waals surface area contributed by atoms with E-state index in [1.54, 1.807) is 6.07 Å². The van der Waals surface area contributed by atoms with E-state index in [1.165, 1.54) is 36.4 Å². The third-order valence-corrected chi connectivity index (χ3v) is 2.95. The van der Waals surface area contributed by atoms with Gasteiger partial charge in [0.1, 0.15) is 17.7 Å². The standard InChI is InChI=1S/C14H9ClF2N2/c15-13-3-1-11(16)5-10(13)8-19-12-2-4-14(17)9(6-12)7-18/h1-6,19H,8H2. The number of anilines is 1. The second-order valence-electron chi connectivity index (χ2n) is 3.90. The summed E-state index contributed by atoms with van der Waals surface area (Å²) in [6, 6.07) is 9.92. The van der Waals surface area contributed by atoms with Crippen molar-refractivity contribution in [3.8, 4) is 6.07 Å². The van der Waals surface area contributed by atoms with Crippen LogP contribution >= 0.6 is 11.6 Å². The van der Waals surface area contributed by atoms with Gasteiger partial charge in [0.2, 0.25) is 0 Å². The topological polar surface area (TPSA) is 35.8 Å². The zero-order valence-corrected chi connectivity index (χ0v) is 10.5. The molecule has 96 valence electrons. The molecule has 1 N–H and O–H groups in total. The Morgan fingerprint density at radius 2 is 1.95 bits per heavy atom. The first-order chi connectivity index (χ1) is 9.10. The third kappa shape index (κ3) is 3.21. The van der Waals surface area contributed by atoms with E-state index >= 15 is 0 Å². The highest BCUT2D eigenvalue weighted by atomic mass is 35.5. The van der Waals surface area contributed by atoms with Gasteiger partial charge >= 0.3 is 0 Å². The van der Waals surface area contributed by atoms with Gasteiger partial charge in [0, 0.05) is 17.3 Å². The Hall–Kier alpha value is -2.12. The van der Waals surface area contributed by atoms with Crippen LogP contribution in [-0.4, -0.2) is 0 Å². The van der Waals surface area contributed by atoms with Crippen molar-refractivity contribution in [2.75, 3.05) is 5.32 Å². The fourth-order valence-electron chi connectivity index (χ4n) is 1.60. The minimum atomic E-state index is -0.572. The Bertz CT molecular complexity index is 650. The number of rotatable bonds is 3. The first kappa shape index (κ1) is 13.3. The minimum absolute atomic E-state index is 0.0460. The van der Waals surface area contributed by atoms with Crippen LogP contribution in [0, 0.1) is 23.0 Å². The van der Waals surface area contributed by atoms with Crippen molar-refractivity contribution in [2.24, 2.45) is 0 Å². The summed E-state index contributed by atoms with van der Waals surface area (Å²) < 4.78 is 26.2. The Morgan fingerprint density at radius 1 is 1.16 bits per heavy atom. The van der Waals surface area contributed by atoms with Crippen LogP contribution in [-0.2, 0) is 6.54 Å². The molecule has 0 radical (unpaired) electrons. The molecule has 0 heterocycles. The molecule has 2 nitrogen and oxygen atoms in total. The second kappa shape index (κ2) is 5.68. The summed E-state index contributed by atoms with van der Waals surface area (Å²) >= 11 is 5.93. The molecule has 0 unspecified atom stereocenters. The zero-order valence-electron chi connectivity index (χ0n) is 9.75. The molecule has 0 fully saturated rings. The Balaban J connectivity index is 2.15. The third-order valence-electron chi connectivity index (χ3n) is 2.58. The fourth-order valence-corrected chi connectivity index (χ4v) is 1.78. The van der Waals surface area contributed by atoms with Crippen LogP contribution in [0.5, 0.6) is 0 Å². The van der Waals surface area contributed by atoms with Gasteiger partial charge in [-0.05, 0) is 42.0 Å². The summed E-state index contributed by atoms with van der Waals surface area (Å²) in [5, 5.41) is 12.1. The van der Waals surface area contributed by atoms with Crippen LogP contribution in [0.25, 0.3) is 0 Å². The molecule has 0 bridgehead atoms. The van der Waals surface area contributed by atoms with E-state index in [4.69, 9.17) is 16.9 Å². The predicted octanol–water partition coefficient (Wildman–Crippen LogP) is 4.10. The monoisotopic (exact) mass is 278 g/mol. The Morgan fingerprint density at radius 3 is 2.68 bits per heavy atom. The summed E-state index contributed by atoms with van der Waals surface area (Å²) in [4.78, 5) is 0. The average molecular weight is 279 g/mol. The van der Waals surface area contributed by atoms with Gasteiger partial charge in [0.25, 0.3) is 0 Å². The van der Waals surface area contributed by atoms with Gasteiger partial charge in [-0.15, -0.1) is 0 Å². The molecule has 0 atom stereocenters. The number of nitrogens with zero attached hydrogens (tertiary/aromatic N) is 1. The first-order valence-electron chi connectivity index (χ1n) is 5.47. The molecule has 19 heavy (non-hydrogen) atoms. The molecule has 0 saturated heterocycles. The van der Waals surface area contributed by atoms with Gasteiger partial charge < -0.3 is 5.32 Å². The van der Waals surface area contributed by atoms with Crippen molar-refractivity contribution in [3.63, 3.8) is 0 Å². The van der Waals surface area contributed by atoms with Gasteiger partial charge in [0.15, 0.2) is 0 Å². The maximum Gasteiger partial charge on any atom is 0.141 e. The van der Waals surface area contributed by atoms with Crippen LogP contribution in [0.3, 0.4) is 0 Å². The van der Waals surface area contributed by atoms with E-state index in [2.05, 4.69) is 5.32 Å². The highest BCUT2D eigenvalue weighted by Crippen LogP contribution is 2.20. The molecule has 0 aliphatic heterocycles. The van der Waals surface area contributed by atoms with Crippen LogP contribution in [0.1, 0.15) is 11.1 Å². The lowest BCUT2D eigenvalue weighted by molar-refractivity contribution is 0.624. The lowest BCUT2D eigenvalue weighted by atomic mass is 10.2. The van der Waals surface area contributed by atoms with Crippen LogP contribution in [0.2, 0.25) is 5.02 Å². The Kier molecular flexibility index (Phi) is 3.98. The predicted molar refractivity (Wildman–Crippen MR) is 69.9 cm³/mol. The maximum absolute atomic E-state index is 13.1. The molecule has 0 amide bonds. The van der Waals surface area contributed by atoms with Crippen molar-refractivity contribution >= 4 is 17.3 Å². The molecule has 0 saturated carbocycles. The van der Waals surface area contributed by atoms with Crippen molar-refractivity contribution < 1.29 is 8.78 Å². The normalized spacial score (nSPS) is 10.0. The van der Waals surface area contributed by atoms with E-state index in [9.17, 15) is 8.78 Å². The molecule has 0 aliphatic carbocycles. The smallest absolute Gasteiger partial charge is 0.141 e. The van der Waals surface area contributed by atoms with Gasteiger partial charge in [-0.25, -0.2) is 8.78 Å². The van der Waals surface area contributed by atoms with Crippen molar-refractivity contribution in [1.82, 2.24) is 0 Å². The molecule has 0 aromatic heterocycles. The lowest BCUT2D eigenvalue weighted by Crippen LogP contribution is -2.01. The van der Waals surface area contributed by atoms with E-state index in [-0.39, 0.29) is 17.9 Å². The molecule has 0 aliphatic rings. The van der Waals surface area contributed by atoms with E-state index in [0.717, 1.165) is 0 Å². The van der Waals surface area contributed by atoms with Gasteiger partial charge in [-0.2, -0.15) is 5.26 Å². The highest BCUT2D eigenvalue weighted by Gasteiger charge is 2.05. The zero-order chi connectivity index (χ0) is 13.8. The quantitative estimate of drug-likeness (QED) is 0.917. The van der Waals surface area contributed by atoms with Crippen molar-refractivity contribution in [2.45, 2.75) is 6.54 Å². The first-order valence-corrected chi connectivity index (χ1v) is 5.85. The number of halogens is 3. The molecule has 2 aromatic rings. The van der Waals surface area contributed by atoms with Gasteiger partial charge in [-0.3, -0.25) is 0 Å². The fraction of sp³-hybridized carbons (Fsp3) is 0.0714. The average Bonchev–Trinajstić information content (AvgIpc) is 2.41. The summed E-state index contributed by atoms with van der Waals surface area (Å²) in [6.07, 6.45) is 0. The number of benzene rings is 2. The molecular weight excluding hydrogens is 270 g/mol. The highest BCUT2D eigenvalue weighted by molar-refractivity contribution is 6.31. The van der Waals surface area contributed by atoms with Crippen LogP contribution in [0.4, 0.5) is 14.5 Å². The largest absolute Gasteiger partial charge is 0.381 e. The molecule has 2 aromatic carbocycles. The molecule has 2 rings (SSSR count). The lowest BCUT2D eigenvalue weighted by Gasteiger charge is -2.08. The maximum atomic E-state index is 13.1. The van der Waals surface area contributed by atoms with E-state index in [0.29, 0.717) is 16.3 Å². The van der Waals surface area contributed by atoms with E-state index in [1.807, 2.05) is 0 Å². The van der Waals surface area contributed by atoms with Gasteiger partial charge in [0.05, 0.1) is 5.56 Å². The molecule has 0 spiro atoms. The van der Waals surface area contributed by atoms with Crippen molar-refractivity contribution in [3.05, 3.63) is 64.2 Å². The molecular formula is C14H9ClF2N2. The number of nitriles is 1. The number of hydrogen-bond donors (Lipinski definition) is 1. The Labute approximate surface area is 114 Å². The molecule has 5 heteroatoms. The number of hydrogen-bond acceptors (Lipinski definition) is 2. The second-order valence-corrected chi connectivity index (χ2v) is 4.30. The summed E-state index contributed by atoms with van der Waals surface area (Å²) in [6.45, 7) is 0.285. The minimum Gasteiger partial charge on any atom is -0.381 e. The SMILES string of the molecule is N#Cc1cc(NCc2cc(F)ccc2Cl)ccc1F. The van der Waals surface area contributed by atoms with E-state index < -0.39 is 5.82 Å². The van der Waals surface area contributed by atoms with Crippen LogP contribution in [0.15, 0.2) is 36.4 Å². The van der Waals surface area contributed by atoms with Gasteiger partial charge in [-0.1, -0.05) is 11.6 Å². The number of nitrogens with one attached hydrogen (secondary N) is 1. The summed E-state index contributed by atoms with van der Waals surface area (Å²) in [5.74, 6) is -0.949.